The molecule has 5 nitrogen and oxygen atoms in total. The van der Waals surface area contributed by atoms with Gasteiger partial charge in [0, 0.05) is 19.1 Å². The Kier molecular flexibility index (Phi) is 5.48. The van der Waals surface area contributed by atoms with Gasteiger partial charge in [0.1, 0.15) is 6.04 Å². The van der Waals surface area contributed by atoms with E-state index in [4.69, 9.17) is 0 Å². The largest absolute Gasteiger partial charge is 0.480 e. The van der Waals surface area contributed by atoms with Crippen LogP contribution >= 0.6 is 0 Å². The monoisotopic (exact) mass is 296 g/mol. The van der Waals surface area contributed by atoms with Gasteiger partial charge in [-0.15, -0.1) is 0 Å². The Labute approximate surface area is 127 Å². The van der Waals surface area contributed by atoms with Gasteiger partial charge in [-0.05, 0) is 38.5 Å². The maximum atomic E-state index is 12.8. The summed E-state index contributed by atoms with van der Waals surface area (Å²) in [7, 11) is 0. The average molecular weight is 296 g/mol. The third-order valence-corrected chi connectivity index (χ3v) is 5.00. The number of aliphatic carboxylic acids is 1. The zero-order chi connectivity index (χ0) is 15.4. The Hall–Kier alpha value is -1.26. The lowest BCUT2D eigenvalue weighted by Gasteiger charge is -2.42. The third kappa shape index (κ3) is 3.69. The molecule has 1 aliphatic heterocycles. The van der Waals surface area contributed by atoms with Gasteiger partial charge < -0.3 is 14.9 Å². The average Bonchev–Trinajstić information content (AvgIpc) is 2.48. The molecule has 2 rings (SSSR count). The van der Waals surface area contributed by atoms with Crippen molar-refractivity contribution in [1.82, 2.24) is 9.80 Å². The van der Waals surface area contributed by atoms with Gasteiger partial charge >= 0.3 is 12.0 Å². The summed E-state index contributed by atoms with van der Waals surface area (Å²) in [6.07, 6.45) is 7.19. The van der Waals surface area contributed by atoms with Gasteiger partial charge in [0.05, 0.1) is 0 Å². The highest BCUT2D eigenvalue weighted by molar-refractivity contribution is 5.83. The van der Waals surface area contributed by atoms with Crippen molar-refractivity contribution in [3.8, 4) is 0 Å². The molecule has 0 spiro atoms. The Morgan fingerprint density at radius 1 is 1.19 bits per heavy atom. The zero-order valence-electron chi connectivity index (χ0n) is 13.3. The molecule has 1 heterocycles. The lowest BCUT2D eigenvalue weighted by molar-refractivity contribution is -0.144. The number of likely N-dealkylation sites (tertiary alicyclic amines) is 1. The zero-order valence-corrected chi connectivity index (χ0v) is 13.3. The summed E-state index contributed by atoms with van der Waals surface area (Å²) in [5, 5.41) is 9.43. The van der Waals surface area contributed by atoms with E-state index >= 15 is 0 Å². The molecule has 120 valence electrons. The number of carboxylic acid groups (broad SMARTS) is 1. The number of nitrogens with zero attached hydrogens (tertiary/aromatic N) is 2. The molecule has 1 N–H and O–H groups in total. The van der Waals surface area contributed by atoms with Crippen LogP contribution in [0.15, 0.2) is 0 Å². The van der Waals surface area contributed by atoms with E-state index in [0.29, 0.717) is 31.5 Å². The molecule has 2 amide bonds. The fourth-order valence-corrected chi connectivity index (χ4v) is 3.71. The molecule has 5 heteroatoms. The Bertz CT molecular complexity index is 380. The predicted octanol–water partition coefficient (Wildman–Crippen LogP) is 2.95. The van der Waals surface area contributed by atoms with Crippen molar-refractivity contribution >= 4 is 12.0 Å². The first-order valence-corrected chi connectivity index (χ1v) is 8.34. The minimum atomic E-state index is -0.866. The second-order valence-corrected chi connectivity index (χ2v) is 6.54. The van der Waals surface area contributed by atoms with E-state index in [1.54, 1.807) is 4.90 Å². The second-order valence-electron chi connectivity index (χ2n) is 6.54. The minimum Gasteiger partial charge on any atom is -0.480 e. The van der Waals surface area contributed by atoms with Gasteiger partial charge in [0.25, 0.3) is 0 Å². The van der Waals surface area contributed by atoms with Crippen LogP contribution in [0.3, 0.4) is 0 Å². The van der Waals surface area contributed by atoms with Crippen LogP contribution in [0.5, 0.6) is 0 Å². The summed E-state index contributed by atoms with van der Waals surface area (Å²) in [5.74, 6) is -0.491. The maximum Gasteiger partial charge on any atom is 0.326 e. The van der Waals surface area contributed by atoms with Crippen LogP contribution in [0.4, 0.5) is 4.79 Å². The van der Waals surface area contributed by atoms with Gasteiger partial charge in [0.15, 0.2) is 0 Å². The van der Waals surface area contributed by atoms with Crippen molar-refractivity contribution in [2.24, 2.45) is 5.92 Å². The van der Waals surface area contributed by atoms with Gasteiger partial charge in [0.2, 0.25) is 0 Å². The van der Waals surface area contributed by atoms with Crippen molar-refractivity contribution in [1.29, 1.82) is 0 Å². The molecule has 0 aromatic carbocycles. The van der Waals surface area contributed by atoms with Crippen LogP contribution in [0, 0.1) is 5.92 Å². The summed E-state index contributed by atoms with van der Waals surface area (Å²) in [6.45, 7) is 5.30. The number of urea groups is 1. The smallest absolute Gasteiger partial charge is 0.326 e. The fraction of sp³-hybridized carbons (Fsp3) is 0.875. The first-order chi connectivity index (χ1) is 10.0. The predicted molar refractivity (Wildman–Crippen MR) is 81.2 cm³/mol. The Morgan fingerprint density at radius 2 is 1.86 bits per heavy atom. The molecule has 1 aliphatic carbocycles. The molecule has 0 aromatic rings. The van der Waals surface area contributed by atoms with Crippen LogP contribution in [-0.4, -0.2) is 52.1 Å². The van der Waals surface area contributed by atoms with E-state index in [1.165, 1.54) is 19.3 Å². The number of carbonyl (C=O) groups excluding carboxylic acids is 1. The molecule has 0 radical (unpaired) electrons. The summed E-state index contributed by atoms with van der Waals surface area (Å²) < 4.78 is 0. The Balaban J connectivity index is 2.09. The quantitative estimate of drug-likeness (QED) is 0.871. The molecule has 1 saturated heterocycles. The van der Waals surface area contributed by atoms with E-state index < -0.39 is 12.0 Å². The third-order valence-electron chi connectivity index (χ3n) is 5.00. The summed E-state index contributed by atoms with van der Waals surface area (Å²) in [4.78, 5) is 27.8. The first-order valence-electron chi connectivity index (χ1n) is 8.34. The van der Waals surface area contributed by atoms with Gasteiger partial charge in [-0.25, -0.2) is 9.59 Å². The second kappa shape index (κ2) is 7.14. The number of carboxylic acids is 1. The first kappa shape index (κ1) is 16.1. The number of hydrogen-bond donors (Lipinski definition) is 1. The van der Waals surface area contributed by atoms with E-state index in [-0.39, 0.29) is 6.03 Å². The summed E-state index contributed by atoms with van der Waals surface area (Å²) in [5.41, 5.74) is 0. The molecule has 2 atom stereocenters. The molecular formula is C16H28N2O3. The number of amides is 2. The fourth-order valence-electron chi connectivity index (χ4n) is 3.71. The topological polar surface area (TPSA) is 60.9 Å². The van der Waals surface area contributed by atoms with Gasteiger partial charge in [-0.2, -0.15) is 0 Å². The van der Waals surface area contributed by atoms with Crippen molar-refractivity contribution in [2.75, 3.05) is 13.1 Å². The van der Waals surface area contributed by atoms with Crippen molar-refractivity contribution in [3.63, 3.8) is 0 Å². The lowest BCUT2D eigenvalue weighted by Crippen LogP contribution is -2.56. The SMILES string of the molecule is CCN(C(=O)N1CCC(C)CC1C(=O)O)C1CCCCC1. The number of rotatable bonds is 3. The molecule has 2 fully saturated rings. The van der Waals surface area contributed by atoms with Crippen molar-refractivity contribution in [2.45, 2.75) is 70.9 Å². The van der Waals surface area contributed by atoms with E-state index in [2.05, 4.69) is 6.92 Å². The van der Waals surface area contributed by atoms with Crippen LogP contribution in [-0.2, 0) is 4.79 Å². The minimum absolute atomic E-state index is 0.0660. The van der Waals surface area contributed by atoms with E-state index in [0.717, 1.165) is 19.3 Å². The Morgan fingerprint density at radius 3 is 2.43 bits per heavy atom. The lowest BCUT2D eigenvalue weighted by atomic mass is 9.92. The molecule has 2 unspecified atom stereocenters. The standard InChI is InChI=1S/C16H28N2O3/c1-3-17(13-7-5-4-6-8-13)16(21)18-10-9-12(2)11-14(18)15(19)20/h12-14H,3-11H2,1-2H3,(H,19,20). The van der Waals surface area contributed by atoms with Crippen LogP contribution in [0.1, 0.15) is 58.8 Å². The van der Waals surface area contributed by atoms with E-state index in [1.807, 2.05) is 11.8 Å². The highest BCUT2D eigenvalue weighted by atomic mass is 16.4. The molecule has 2 aliphatic rings. The highest BCUT2D eigenvalue weighted by Gasteiger charge is 2.38. The summed E-state index contributed by atoms with van der Waals surface area (Å²) >= 11 is 0. The maximum absolute atomic E-state index is 12.8. The van der Waals surface area contributed by atoms with Crippen molar-refractivity contribution < 1.29 is 14.7 Å². The van der Waals surface area contributed by atoms with Gasteiger partial charge in [-0.1, -0.05) is 26.2 Å². The number of carbonyl (C=O) groups is 2. The summed E-state index contributed by atoms with van der Waals surface area (Å²) in [6, 6.07) is -0.423. The molecular weight excluding hydrogens is 268 g/mol. The highest BCUT2D eigenvalue weighted by Crippen LogP contribution is 2.27. The van der Waals surface area contributed by atoms with Gasteiger partial charge in [-0.3, -0.25) is 0 Å². The normalized spacial score (nSPS) is 27.4. The molecule has 0 aromatic heterocycles. The van der Waals surface area contributed by atoms with Crippen LogP contribution in [0.25, 0.3) is 0 Å². The molecule has 1 saturated carbocycles. The molecule has 21 heavy (non-hydrogen) atoms. The van der Waals surface area contributed by atoms with Crippen LogP contribution in [0.2, 0.25) is 0 Å². The molecule has 0 bridgehead atoms. The van der Waals surface area contributed by atoms with Crippen LogP contribution < -0.4 is 0 Å². The van der Waals surface area contributed by atoms with E-state index in [9.17, 15) is 14.7 Å². The number of piperidine rings is 1. The number of hydrogen-bond acceptors (Lipinski definition) is 2. The van der Waals surface area contributed by atoms with Crippen molar-refractivity contribution in [3.05, 3.63) is 0 Å².